The maximum atomic E-state index is 12.2. The number of rotatable bonds is 4. The summed E-state index contributed by atoms with van der Waals surface area (Å²) in [4.78, 5) is 13.7. The maximum Gasteiger partial charge on any atom is 0.223 e. The molecule has 0 aliphatic carbocycles. The van der Waals surface area contributed by atoms with Gasteiger partial charge in [-0.3, -0.25) is 4.79 Å². The summed E-state index contributed by atoms with van der Waals surface area (Å²) < 4.78 is 0. The largest absolute Gasteiger partial charge is 0.394 e. The number of carbonyl (C=O) groups is 1. The summed E-state index contributed by atoms with van der Waals surface area (Å²) in [6.45, 7) is 3.68. The zero-order chi connectivity index (χ0) is 18.0. The average Bonchev–Trinajstić information content (AvgIpc) is 2.62. The number of carbonyl (C=O) groups excluding carboxylic acids is 1. The molecule has 4 heteroatoms. The van der Waals surface area contributed by atoms with Crippen LogP contribution in [0.4, 0.5) is 0 Å². The number of hydrogen-bond acceptors (Lipinski definition) is 3. The van der Waals surface area contributed by atoms with Crippen molar-refractivity contribution in [3.8, 4) is 17.2 Å². The summed E-state index contributed by atoms with van der Waals surface area (Å²) in [5, 5.41) is 19.5. The van der Waals surface area contributed by atoms with Crippen LogP contribution < -0.4 is 0 Å². The minimum Gasteiger partial charge on any atom is -0.394 e. The van der Waals surface area contributed by atoms with Crippen molar-refractivity contribution < 1.29 is 9.90 Å². The lowest BCUT2D eigenvalue weighted by Gasteiger charge is -2.52. The SMILES string of the molecule is CCC(=O)N1[C@H](C#N)[C@@H](c2ccccc2-c2cccc(C)c2)[C@H]1CO. The van der Waals surface area contributed by atoms with Gasteiger partial charge in [0.15, 0.2) is 0 Å². The summed E-state index contributed by atoms with van der Waals surface area (Å²) in [6.07, 6.45) is 0.334. The van der Waals surface area contributed by atoms with Gasteiger partial charge in [-0.15, -0.1) is 0 Å². The van der Waals surface area contributed by atoms with E-state index in [4.69, 9.17) is 0 Å². The van der Waals surface area contributed by atoms with Gasteiger partial charge >= 0.3 is 0 Å². The van der Waals surface area contributed by atoms with Crippen molar-refractivity contribution in [1.82, 2.24) is 4.90 Å². The minimum atomic E-state index is -0.532. The molecule has 0 bridgehead atoms. The van der Waals surface area contributed by atoms with E-state index in [9.17, 15) is 15.2 Å². The predicted octanol–water partition coefficient (Wildman–Crippen LogP) is 3.25. The van der Waals surface area contributed by atoms with Gasteiger partial charge in [0.05, 0.1) is 18.7 Å². The van der Waals surface area contributed by atoms with E-state index in [1.807, 2.05) is 43.3 Å². The molecular weight excluding hydrogens is 312 g/mol. The van der Waals surface area contributed by atoms with Crippen LogP contribution in [0.3, 0.4) is 0 Å². The molecule has 1 saturated heterocycles. The zero-order valence-electron chi connectivity index (χ0n) is 14.5. The molecule has 1 N–H and O–H groups in total. The van der Waals surface area contributed by atoms with Crippen LogP contribution in [0.1, 0.15) is 30.4 Å². The zero-order valence-corrected chi connectivity index (χ0v) is 14.5. The second kappa shape index (κ2) is 7.08. The Hall–Kier alpha value is -2.64. The van der Waals surface area contributed by atoms with E-state index < -0.39 is 6.04 Å². The van der Waals surface area contributed by atoms with Gasteiger partial charge < -0.3 is 10.0 Å². The third kappa shape index (κ3) is 2.92. The smallest absolute Gasteiger partial charge is 0.223 e. The van der Waals surface area contributed by atoms with Crippen molar-refractivity contribution >= 4 is 5.91 Å². The minimum absolute atomic E-state index is 0.0881. The molecule has 0 saturated carbocycles. The quantitative estimate of drug-likeness (QED) is 0.933. The number of aryl methyl sites for hydroxylation is 1. The van der Waals surface area contributed by atoms with Crippen molar-refractivity contribution in [1.29, 1.82) is 5.26 Å². The molecule has 3 rings (SSSR count). The number of nitrogens with zero attached hydrogens (tertiary/aromatic N) is 2. The molecule has 2 aromatic carbocycles. The molecule has 4 nitrogen and oxygen atoms in total. The first-order valence-electron chi connectivity index (χ1n) is 8.60. The Labute approximate surface area is 148 Å². The van der Waals surface area contributed by atoms with Crippen LogP contribution >= 0.6 is 0 Å². The van der Waals surface area contributed by atoms with Crippen LogP contribution in [0, 0.1) is 18.3 Å². The van der Waals surface area contributed by atoms with Gasteiger partial charge in [-0.2, -0.15) is 5.26 Å². The van der Waals surface area contributed by atoms with Crippen molar-refractivity contribution in [2.45, 2.75) is 38.3 Å². The van der Waals surface area contributed by atoms with E-state index in [1.54, 1.807) is 6.92 Å². The first kappa shape index (κ1) is 17.2. The first-order valence-corrected chi connectivity index (χ1v) is 8.60. The van der Waals surface area contributed by atoms with Crippen molar-refractivity contribution in [3.63, 3.8) is 0 Å². The molecule has 0 radical (unpaired) electrons. The Bertz CT molecular complexity index is 825. The van der Waals surface area contributed by atoms with Crippen LogP contribution in [0.5, 0.6) is 0 Å². The number of hydrogen-bond donors (Lipinski definition) is 1. The summed E-state index contributed by atoms with van der Waals surface area (Å²) in [6, 6.07) is 17.6. The highest BCUT2D eigenvalue weighted by Gasteiger charge is 2.51. The summed E-state index contributed by atoms with van der Waals surface area (Å²) in [5.41, 5.74) is 4.32. The molecule has 25 heavy (non-hydrogen) atoms. The average molecular weight is 334 g/mol. The molecule has 0 unspecified atom stereocenters. The van der Waals surface area contributed by atoms with E-state index >= 15 is 0 Å². The molecule has 1 aliphatic heterocycles. The fraction of sp³-hybridized carbons (Fsp3) is 0.333. The molecule has 1 amide bonds. The van der Waals surface area contributed by atoms with E-state index in [0.29, 0.717) is 6.42 Å². The lowest BCUT2D eigenvalue weighted by molar-refractivity contribution is -0.146. The number of amides is 1. The van der Waals surface area contributed by atoms with Gasteiger partial charge in [-0.1, -0.05) is 61.0 Å². The predicted molar refractivity (Wildman–Crippen MR) is 96.8 cm³/mol. The fourth-order valence-electron chi connectivity index (χ4n) is 3.77. The number of aliphatic hydroxyl groups excluding tert-OH is 1. The van der Waals surface area contributed by atoms with Crippen LogP contribution in [0.2, 0.25) is 0 Å². The molecule has 1 heterocycles. The van der Waals surface area contributed by atoms with E-state index in [2.05, 4.69) is 18.2 Å². The lowest BCUT2D eigenvalue weighted by Crippen LogP contribution is -2.65. The van der Waals surface area contributed by atoms with E-state index in [1.165, 1.54) is 10.5 Å². The molecule has 1 fully saturated rings. The van der Waals surface area contributed by atoms with Crippen LogP contribution in [-0.4, -0.2) is 34.6 Å². The number of benzene rings is 2. The maximum absolute atomic E-state index is 12.2. The fourth-order valence-corrected chi connectivity index (χ4v) is 3.77. The standard InChI is InChI=1S/C21H22N2O2/c1-3-20(25)23-18(12-22)21(19(23)13-24)17-10-5-4-9-16(17)15-8-6-7-14(2)11-15/h4-11,18-19,21,24H,3,13H2,1-2H3/t18-,19-,21-/m1/s1. The lowest BCUT2D eigenvalue weighted by atomic mass is 9.73. The monoisotopic (exact) mass is 334 g/mol. The normalized spacial score (nSPS) is 22.2. The molecular formula is C21H22N2O2. The molecule has 0 aromatic heterocycles. The number of aliphatic hydroxyl groups is 1. The van der Waals surface area contributed by atoms with Gasteiger partial charge in [0.2, 0.25) is 5.91 Å². The highest BCUT2D eigenvalue weighted by Crippen LogP contribution is 2.44. The van der Waals surface area contributed by atoms with Gasteiger partial charge in [0, 0.05) is 12.3 Å². The number of nitriles is 1. The van der Waals surface area contributed by atoms with Crippen LogP contribution in [0.15, 0.2) is 48.5 Å². The molecule has 2 aromatic rings. The Morgan fingerprint density at radius 1 is 1.24 bits per heavy atom. The summed E-state index contributed by atoms with van der Waals surface area (Å²) in [7, 11) is 0. The molecule has 1 aliphatic rings. The Balaban J connectivity index is 2.05. The second-order valence-electron chi connectivity index (χ2n) is 6.46. The Kier molecular flexibility index (Phi) is 4.87. The van der Waals surface area contributed by atoms with Gasteiger partial charge in [0.1, 0.15) is 6.04 Å². The Morgan fingerprint density at radius 3 is 2.64 bits per heavy atom. The number of likely N-dealkylation sites (tertiary alicyclic amines) is 1. The van der Waals surface area contributed by atoms with E-state index in [-0.39, 0.29) is 24.5 Å². The van der Waals surface area contributed by atoms with Crippen molar-refractivity contribution in [2.75, 3.05) is 6.61 Å². The van der Waals surface area contributed by atoms with Crippen LogP contribution in [-0.2, 0) is 4.79 Å². The third-order valence-corrected chi connectivity index (χ3v) is 4.97. The van der Waals surface area contributed by atoms with Gasteiger partial charge in [-0.25, -0.2) is 0 Å². The molecule has 3 atom stereocenters. The topological polar surface area (TPSA) is 64.3 Å². The summed E-state index contributed by atoms with van der Waals surface area (Å²) in [5.74, 6) is -0.267. The van der Waals surface area contributed by atoms with Crippen molar-refractivity contribution in [2.24, 2.45) is 0 Å². The van der Waals surface area contributed by atoms with Gasteiger partial charge in [0.25, 0.3) is 0 Å². The van der Waals surface area contributed by atoms with Gasteiger partial charge in [-0.05, 0) is 23.6 Å². The molecule has 128 valence electrons. The molecule has 0 spiro atoms. The van der Waals surface area contributed by atoms with E-state index in [0.717, 1.165) is 16.7 Å². The summed E-state index contributed by atoms with van der Waals surface area (Å²) >= 11 is 0. The first-order chi connectivity index (χ1) is 12.1. The highest BCUT2D eigenvalue weighted by molar-refractivity contribution is 5.80. The third-order valence-electron chi connectivity index (χ3n) is 4.97. The highest BCUT2D eigenvalue weighted by atomic mass is 16.3. The van der Waals surface area contributed by atoms with Crippen LogP contribution in [0.25, 0.3) is 11.1 Å². The Morgan fingerprint density at radius 2 is 2.00 bits per heavy atom. The second-order valence-corrected chi connectivity index (χ2v) is 6.46. The van der Waals surface area contributed by atoms with Crippen molar-refractivity contribution in [3.05, 3.63) is 59.7 Å².